The lowest BCUT2D eigenvalue weighted by Gasteiger charge is -2.25. The van der Waals surface area contributed by atoms with E-state index < -0.39 is 0 Å². The highest BCUT2D eigenvalue weighted by Crippen LogP contribution is 2.28. The van der Waals surface area contributed by atoms with Crippen molar-refractivity contribution < 1.29 is 0 Å². The van der Waals surface area contributed by atoms with Gasteiger partial charge in [-0.25, -0.2) is 4.98 Å². The van der Waals surface area contributed by atoms with Crippen LogP contribution in [0.15, 0.2) is 16.7 Å². The third kappa shape index (κ3) is 3.23. The number of halogens is 1. The predicted molar refractivity (Wildman–Crippen MR) is 80.0 cm³/mol. The lowest BCUT2D eigenvalue weighted by atomic mass is 10.2. The van der Waals surface area contributed by atoms with Crippen LogP contribution in [0.4, 0.5) is 5.82 Å². The molecule has 2 rings (SSSR count). The van der Waals surface area contributed by atoms with E-state index in [4.69, 9.17) is 0 Å². The van der Waals surface area contributed by atoms with Crippen LogP contribution in [0.25, 0.3) is 0 Å². The topological polar surface area (TPSA) is 28.2 Å². The lowest BCUT2D eigenvalue weighted by Crippen LogP contribution is -2.30. The minimum Gasteiger partial charge on any atom is -0.354 e. The van der Waals surface area contributed by atoms with Gasteiger partial charge in [0, 0.05) is 41.4 Å². The molecule has 100 valence electrons. The molecule has 1 fully saturated rings. The average Bonchev–Trinajstić information content (AvgIpc) is 2.73. The molecular formula is C14H22BrN3. The van der Waals surface area contributed by atoms with Crippen molar-refractivity contribution in [3.05, 3.63) is 22.3 Å². The van der Waals surface area contributed by atoms with Crippen LogP contribution >= 0.6 is 15.9 Å². The fourth-order valence-corrected chi connectivity index (χ4v) is 2.80. The number of hydrogen-bond acceptors (Lipinski definition) is 3. The SMILES string of the molecule is CC(C)NCc1cc(Br)cnc1N1CCCC1C. The summed E-state index contributed by atoms with van der Waals surface area (Å²) in [7, 11) is 0. The van der Waals surface area contributed by atoms with Crippen molar-refractivity contribution in [1.29, 1.82) is 0 Å². The minimum atomic E-state index is 0.493. The van der Waals surface area contributed by atoms with Crippen LogP contribution in [0.1, 0.15) is 39.2 Å². The minimum absolute atomic E-state index is 0.493. The van der Waals surface area contributed by atoms with Crippen LogP contribution in [0.5, 0.6) is 0 Å². The van der Waals surface area contributed by atoms with Gasteiger partial charge in [0.05, 0.1) is 0 Å². The molecule has 2 heterocycles. The molecule has 1 unspecified atom stereocenters. The van der Waals surface area contributed by atoms with Crippen LogP contribution in [0, 0.1) is 0 Å². The van der Waals surface area contributed by atoms with Gasteiger partial charge in [-0.05, 0) is 41.8 Å². The summed E-state index contributed by atoms with van der Waals surface area (Å²) in [6.45, 7) is 8.64. The Labute approximate surface area is 118 Å². The van der Waals surface area contributed by atoms with Crippen molar-refractivity contribution in [1.82, 2.24) is 10.3 Å². The number of pyridine rings is 1. The molecule has 1 aliphatic rings. The van der Waals surface area contributed by atoms with Crippen LogP contribution in [-0.4, -0.2) is 23.6 Å². The van der Waals surface area contributed by atoms with E-state index in [1.54, 1.807) is 0 Å². The Morgan fingerprint density at radius 2 is 2.33 bits per heavy atom. The second kappa shape index (κ2) is 6.02. The zero-order chi connectivity index (χ0) is 13.1. The highest BCUT2D eigenvalue weighted by atomic mass is 79.9. The number of hydrogen-bond donors (Lipinski definition) is 1. The van der Waals surface area contributed by atoms with Gasteiger partial charge in [0.2, 0.25) is 0 Å². The number of anilines is 1. The zero-order valence-electron chi connectivity index (χ0n) is 11.4. The standard InChI is InChI=1S/C14H22BrN3/c1-10(2)16-8-12-7-13(15)9-17-14(12)18-6-4-5-11(18)3/h7,9-11,16H,4-6,8H2,1-3H3. The average molecular weight is 312 g/mol. The van der Waals surface area contributed by atoms with Crippen molar-refractivity contribution >= 4 is 21.7 Å². The Hall–Kier alpha value is -0.610. The molecule has 0 bridgehead atoms. The molecule has 1 aliphatic heterocycles. The van der Waals surface area contributed by atoms with E-state index in [9.17, 15) is 0 Å². The Morgan fingerprint density at radius 1 is 1.56 bits per heavy atom. The number of aromatic nitrogens is 1. The highest BCUT2D eigenvalue weighted by molar-refractivity contribution is 9.10. The lowest BCUT2D eigenvalue weighted by molar-refractivity contribution is 0.585. The molecule has 1 aromatic heterocycles. The van der Waals surface area contributed by atoms with Gasteiger partial charge in [-0.15, -0.1) is 0 Å². The summed E-state index contributed by atoms with van der Waals surface area (Å²) < 4.78 is 1.05. The van der Waals surface area contributed by atoms with E-state index in [2.05, 4.69) is 58.0 Å². The summed E-state index contributed by atoms with van der Waals surface area (Å²) in [5.74, 6) is 1.15. The molecule has 1 saturated heterocycles. The fourth-order valence-electron chi connectivity index (χ4n) is 2.42. The normalized spacial score (nSPS) is 19.8. The second-order valence-corrected chi connectivity index (χ2v) is 6.27. The Balaban J connectivity index is 2.22. The molecule has 0 aromatic carbocycles. The molecule has 0 saturated carbocycles. The van der Waals surface area contributed by atoms with Gasteiger partial charge in [0.1, 0.15) is 5.82 Å². The Bertz CT molecular complexity index is 406. The summed E-state index contributed by atoms with van der Waals surface area (Å²) in [6.07, 6.45) is 4.45. The zero-order valence-corrected chi connectivity index (χ0v) is 13.0. The highest BCUT2D eigenvalue weighted by Gasteiger charge is 2.23. The first-order valence-corrected chi connectivity index (χ1v) is 7.51. The maximum absolute atomic E-state index is 4.63. The fraction of sp³-hybridized carbons (Fsp3) is 0.643. The van der Waals surface area contributed by atoms with Crippen molar-refractivity contribution in [2.75, 3.05) is 11.4 Å². The molecule has 4 heteroatoms. The van der Waals surface area contributed by atoms with Gasteiger partial charge in [0.15, 0.2) is 0 Å². The molecule has 0 amide bonds. The summed E-state index contributed by atoms with van der Waals surface area (Å²) in [4.78, 5) is 7.06. The number of nitrogens with zero attached hydrogens (tertiary/aromatic N) is 2. The van der Waals surface area contributed by atoms with Gasteiger partial charge in [-0.2, -0.15) is 0 Å². The summed E-state index contributed by atoms with van der Waals surface area (Å²) in [5.41, 5.74) is 1.28. The van der Waals surface area contributed by atoms with Crippen LogP contribution in [0.3, 0.4) is 0 Å². The Morgan fingerprint density at radius 3 is 2.94 bits per heavy atom. The first-order chi connectivity index (χ1) is 8.58. The molecule has 0 spiro atoms. The van der Waals surface area contributed by atoms with E-state index in [1.807, 2.05) is 6.20 Å². The molecule has 18 heavy (non-hydrogen) atoms. The van der Waals surface area contributed by atoms with Crippen molar-refractivity contribution in [3.63, 3.8) is 0 Å². The third-order valence-corrected chi connectivity index (χ3v) is 3.87. The van der Waals surface area contributed by atoms with Crippen LogP contribution < -0.4 is 10.2 Å². The maximum Gasteiger partial charge on any atom is 0.133 e. The summed E-state index contributed by atoms with van der Waals surface area (Å²) in [6, 6.07) is 3.28. The molecule has 1 N–H and O–H groups in total. The summed E-state index contributed by atoms with van der Waals surface area (Å²) >= 11 is 3.52. The third-order valence-electron chi connectivity index (χ3n) is 3.44. The van der Waals surface area contributed by atoms with E-state index in [0.717, 1.165) is 23.4 Å². The van der Waals surface area contributed by atoms with Gasteiger partial charge < -0.3 is 10.2 Å². The molecule has 1 atom stereocenters. The van der Waals surface area contributed by atoms with Gasteiger partial charge in [-0.1, -0.05) is 13.8 Å². The maximum atomic E-state index is 4.63. The quantitative estimate of drug-likeness (QED) is 0.924. The molecular weight excluding hydrogens is 290 g/mol. The Kier molecular flexibility index (Phi) is 4.62. The first-order valence-electron chi connectivity index (χ1n) is 6.72. The number of rotatable bonds is 4. The smallest absolute Gasteiger partial charge is 0.133 e. The largest absolute Gasteiger partial charge is 0.354 e. The van der Waals surface area contributed by atoms with Crippen LogP contribution in [-0.2, 0) is 6.54 Å². The van der Waals surface area contributed by atoms with E-state index >= 15 is 0 Å². The van der Waals surface area contributed by atoms with E-state index in [-0.39, 0.29) is 0 Å². The van der Waals surface area contributed by atoms with E-state index in [0.29, 0.717) is 12.1 Å². The van der Waals surface area contributed by atoms with Gasteiger partial charge in [0.25, 0.3) is 0 Å². The molecule has 0 radical (unpaired) electrons. The molecule has 3 nitrogen and oxygen atoms in total. The van der Waals surface area contributed by atoms with Gasteiger partial charge >= 0.3 is 0 Å². The van der Waals surface area contributed by atoms with Crippen LogP contribution in [0.2, 0.25) is 0 Å². The van der Waals surface area contributed by atoms with E-state index in [1.165, 1.54) is 18.4 Å². The first kappa shape index (κ1) is 13.8. The summed E-state index contributed by atoms with van der Waals surface area (Å²) in [5, 5.41) is 3.48. The van der Waals surface area contributed by atoms with Crippen molar-refractivity contribution in [2.45, 2.75) is 52.2 Å². The predicted octanol–water partition coefficient (Wildman–Crippen LogP) is 3.33. The molecule has 1 aromatic rings. The second-order valence-electron chi connectivity index (χ2n) is 5.36. The number of nitrogens with one attached hydrogen (secondary N) is 1. The van der Waals surface area contributed by atoms with Gasteiger partial charge in [-0.3, -0.25) is 0 Å². The monoisotopic (exact) mass is 311 g/mol. The van der Waals surface area contributed by atoms with Crippen molar-refractivity contribution in [3.8, 4) is 0 Å². The molecule has 0 aliphatic carbocycles. The van der Waals surface area contributed by atoms with Crippen molar-refractivity contribution in [2.24, 2.45) is 0 Å².